The zero-order chi connectivity index (χ0) is 9.52. The van der Waals surface area contributed by atoms with E-state index in [1.54, 1.807) is 17.1 Å². The second-order valence-corrected chi connectivity index (χ2v) is 2.95. The third-order valence-corrected chi connectivity index (χ3v) is 1.85. The van der Waals surface area contributed by atoms with Gasteiger partial charge in [-0.3, -0.25) is 4.68 Å². The summed E-state index contributed by atoms with van der Waals surface area (Å²) >= 11 is 0. The van der Waals surface area contributed by atoms with E-state index in [1.807, 2.05) is 6.07 Å². The topological polar surface area (TPSA) is 67.6 Å². The van der Waals surface area contributed by atoms with Gasteiger partial charge in [0.05, 0.1) is 11.8 Å². The molecule has 0 bridgehead atoms. The minimum Gasteiger partial charge on any atom is -0.330 e. The fourth-order valence-corrected chi connectivity index (χ4v) is 1.14. The molecule has 0 fully saturated rings. The molecule has 2 N–H and O–H groups in total. The van der Waals surface area contributed by atoms with Crippen molar-refractivity contribution in [2.75, 3.05) is 6.54 Å². The predicted octanol–water partition coefficient (Wildman–Crippen LogP) is 0.884. The van der Waals surface area contributed by atoms with E-state index in [0.29, 0.717) is 5.56 Å². The number of hydrogen-bond acceptors (Lipinski definition) is 3. The van der Waals surface area contributed by atoms with Crippen molar-refractivity contribution in [1.82, 2.24) is 9.78 Å². The Kier molecular flexibility index (Phi) is 4.00. The molecule has 1 rings (SSSR count). The zero-order valence-electron chi connectivity index (χ0n) is 7.61. The average Bonchev–Trinajstić information content (AvgIpc) is 2.60. The highest BCUT2D eigenvalue weighted by Gasteiger charge is 1.95. The molecule has 0 aliphatic carbocycles. The van der Waals surface area contributed by atoms with Crippen molar-refractivity contribution in [3.05, 3.63) is 18.0 Å². The van der Waals surface area contributed by atoms with Crippen molar-refractivity contribution in [2.24, 2.45) is 5.73 Å². The summed E-state index contributed by atoms with van der Waals surface area (Å²) in [6.07, 6.45) is 6.61. The quantitative estimate of drug-likeness (QED) is 0.681. The number of aromatic nitrogens is 2. The van der Waals surface area contributed by atoms with Crippen LogP contribution in [-0.2, 0) is 6.54 Å². The van der Waals surface area contributed by atoms with Crippen LogP contribution in [0.4, 0.5) is 0 Å². The Morgan fingerprint density at radius 3 is 2.92 bits per heavy atom. The third kappa shape index (κ3) is 3.26. The maximum Gasteiger partial charge on any atom is 0.102 e. The molecule has 70 valence electrons. The molecule has 0 radical (unpaired) electrons. The minimum absolute atomic E-state index is 0.624. The smallest absolute Gasteiger partial charge is 0.102 e. The van der Waals surface area contributed by atoms with Crippen molar-refractivity contribution in [1.29, 1.82) is 5.26 Å². The Balaban J connectivity index is 2.25. The van der Waals surface area contributed by atoms with Crippen LogP contribution in [-0.4, -0.2) is 16.3 Å². The van der Waals surface area contributed by atoms with Crippen LogP contribution in [0.5, 0.6) is 0 Å². The van der Waals surface area contributed by atoms with Gasteiger partial charge in [-0.25, -0.2) is 0 Å². The van der Waals surface area contributed by atoms with Gasteiger partial charge < -0.3 is 5.73 Å². The summed E-state index contributed by atoms with van der Waals surface area (Å²) in [5.74, 6) is 0. The van der Waals surface area contributed by atoms with Gasteiger partial charge in [0.2, 0.25) is 0 Å². The van der Waals surface area contributed by atoms with Crippen LogP contribution >= 0.6 is 0 Å². The molecule has 0 unspecified atom stereocenters. The van der Waals surface area contributed by atoms with E-state index in [2.05, 4.69) is 5.10 Å². The fourth-order valence-electron chi connectivity index (χ4n) is 1.14. The molecule has 0 saturated carbocycles. The third-order valence-electron chi connectivity index (χ3n) is 1.85. The van der Waals surface area contributed by atoms with Crippen LogP contribution in [0.3, 0.4) is 0 Å². The lowest BCUT2D eigenvalue weighted by Crippen LogP contribution is -2.01. The van der Waals surface area contributed by atoms with Gasteiger partial charge in [0.15, 0.2) is 0 Å². The largest absolute Gasteiger partial charge is 0.330 e. The Hall–Kier alpha value is -1.34. The van der Waals surface area contributed by atoms with E-state index in [1.165, 1.54) is 0 Å². The molecule has 0 aliphatic heterocycles. The lowest BCUT2D eigenvalue weighted by molar-refractivity contribution is 0.547. The monoisotopic (exact) mass is 178 g/mol. The minimum atomic E-state index is 0.624. The van der Waals surface area contributed by atoms with Gasteiger partial charge in [0.25, 0.3) is 0 Å². The SMILES string of the molecule is N#Cc1cnn(CCCCCN)c1. The highest BCUT2D eigenvalue weighted by molar-refractivity contribution is 5.21. The Bertz CT molecular complexity index is 284. The van der Waals surface area contributed by atoms with Gasteiger partial charge in [-0.05, 0) is 19.4 Å². The van der Waals surface area contributed by atoms with E-state index in [0.717, 1.165) is 32.4 Å². The summed E-state index contributed by atoms with van der Waals surface area (Å²) in [5, 5.41) is 12.6. The molecule has 0 aromatic carbocycles. The van der Waals surface area contributed by atoms with Crippen LogP contribution in [0.1, 0.15) is 24.8 Å². The summed E-state index contributed by atoms with van der Waals surface area (Å²) in [7, 11) is 0. The van der Waals surface area contributed by atoms with Crippen LogP contribution in [0.15, 0.2) is 12.4 Å². The molecule has 0 aliphatic rings. The van der Waals surface area contributed by atoms with Gasteiger partial charge in [-0.2, -0.15) is 10.4 Å². The number of unbranched alkanes of at least 4 members (excludes halogenated alkanes) is 2. The first-order chi connectivity index (χ1) is 6.36. The van der Waals surface area contributed by atoms with Gasteiger partial charge >= 0.3 is 0 Å². The second-order valence-electron chi connectivity index (χ2n) is 2.95. The molecule has 0 atom stereocenters. The highest BCUT2D eigenvalue weighted by atomic mass is 15.3. The molecule has 13 heavy (non-hydrogen) atoms. The van der Waals surface area contributed by atoms with Gasteiger partial charge in [0, 0.05) is 12.7 Å². The van der Waals surface area contributed by atoms with E-state index < -0.39 is 0 Å². The molecule has 0 saturated heterocycles. The molecule has 0 amide bonds. The van der Waals surface area contributed by atoms with E-state index in [-0.39, 0.29) is 0 Å². The maximum atomic E-state index is 8.54. The molecule has 1 aromatic rings. The second kappa shape index (κ2) is 5.33. The van der Waals surface area contributed by atoms with Crippen LogP contribution in [0, 0.1) is 11.3 Å². The summed E-state index contributed by atoms with van der Waals surface area (Å²) in [4.78, 5) is 0. The Morgan fingerprint density at radius 2 is 2.31 bits per heavy atom. The number of nitrogens with zero attached hydrogens (tertiary/aromatic N) is 3. The van der Waals surface area contributed by atoms with Gasteiger partial charge in [-0.1, -0.05) is 6.42 Å². The van der Waals surface area contributed by atoms with E-state index in [4.69, 9.17) is 11.0 Å². The van der Waals surface area contributed by atoms with E-state index in [9.17, 15) is 0 Å². The van der Waals surface area contributed by atoms with Crippen LogP contribution < -0.4 is 5.73 Å². The molecule has 1 aromatic heterocycles. The first-order valence-electron chi connectivity index (χ1n) is 4.49. The van der Waals surface area contributed by atoms with Crippen molar-refractivity contribution in [3.63, 3.8) is 0 Å². The fraction of sp³-hybridized carbons (Fsp3) is 0.556. The molecule has 4 heteroatoms. The Morgan fingerprint density at radius 1 is 1.46 bits per heavy atom. The number of rotatable bonds is 5. The van der Waals surface area contributed by atoms with Crippen molar-refractivity contribution >= 4 is 0 Å². The summed E-state index contributed by atoms with van der Waals surface area (Å²) < 4.78 is 1.80. The van der Waals surface area contributed by atoms with Crippen molar-refractivity contribution in [3.8, 4) is 6.07 Å². The van der Waals surface area contributed by atoms with E-state index >= 15 is 0 Å². The van der Waals surface area contributed by atoms with Gasteiger partial charge in [-0.15, -0.1) is 0 Å². The lowest BCUT2D eigenvalue weighted by Gasteiger charge is -1.99. The number of aryl methyl sites for hydroxylation is 1. The normalized spacial score (nSPS) is 9.85. The zero-order valence-corrected chi connectivity index (χ0v) is 7.61. The predicted molar refractivity (Wildman–Crippen MR) is 49.8 cm³/mol. The van der Waals surface area contributed by atoms with Crippen LogP contribution in [0.25, 0.3) is 0 Å². The van der Waals surface area contributed by atoms with Crippen molar-refractivity contribution < 1.29 is 0 Å². The highest BCUT2D eigenvalue weighted by Crippen LogP contribution is 1.99. The van der Waals surface area contributed by atoms with Crippen LogP contribution in [0.2, 0.25) is 0 Å². The summed E-state index contributed by atoms with van der Waals surface area (Å²) in [6, 6.07) is 2.05. The molecular weight excluding hydrogens is 164 g/mol. The molecule has 1 heterocycles. The lowest BCUT2D eigenvalue weighted by atomic mass is 10.2. The average molecular weight is 178 g/mol. The number of nitriles is 1. The van der Waals surface area contributed by atoms with Gasteiger partial charge in [0.1, 0.15) is 6.07 Å². The standard InChI is InChI=1S/C9H14N4/c10-4-2-1-3-5-13-8-9(6-11)7-12-13/h7-8H,1-5,10H2. The first kappa shape index (κ1) is 9.75. The maximum absolute atomic E-state index is 8.54. The van der Waals surface area contributed by atoms with Crippen molar-refractivity contribution in [2.45, 2.75) is 25.8 Å². The number of nitrogens with two attached hydrogens (primary N) is 1. The number of hydrogen-bond donors (Lipinski definition) is 1. The summed E-state index contributed by atoms with van der Waals surface area (Å²) in [6.45, 7) is 1.63. The molecule has 0 spiro atoms. The Labute approximate surface area is 78.0 Å². The molecular formula is C9H14N4. The first-order valence-corrected chi connectivity index (χ1v) is 4.49. The summed E-state index contributed by atoms with van der Waals surface area (Å²) in [5.41, 5.74) is 5.99. The molecule has 4 nitrogen and oxygen atoms in total.